The second kappa shape index (κ2) is 4.03. The predicted octanol–water partition coefficient (Wildman–Crippen LogP) is 1.73. The second-order valence-electron chi connectivity index (χ2n) is 5.53. The highest BCUT2D eigenvalue weighted by Crippen LogP contribution is 2.38. The molecule has 2 aromatic rings. The van der Waals surface area contributed by atoms with Crippen molar-refractivity contribution < 1.29 is 14.6 Å². The molecule has 6 nitrogen and oxygen atoms in total. The molecular weight excluding hydrogens is 246 g/mol. The Labute approximate surface area is 110 Å². The normalized spacial score (nSPS) is 21.9. The smallest absolute Gasteiger partial charge is 0.354 e. The van der Waals surface area contributed by atoms with Crippen LogP contribution in [-0.2, 0) is 4.74 Å². The highest BCUT2D eigenvalue weighted by atomic mass is 16.5. The summed E-state index contributed by atoms with van der Waals surface area (Å²) in [5.74, 6) is -1.03. The monoisotopic (exact) mass is 261 g/mol. The molecular formula is C13H15N3O3. The van der Waals surface area contributed by atoms with Gasteiger partial charge in [0.2, 0.25) is 0 Å². The summed E-state index contributed by atoms with van der Waals surface area (Å²) in [7, 11) is 0. The molecule has 0 amide bonds. The number of nitrogens with zero attached hydrogens (tertiary/aromatic N) is 3. The van der Waals surface area contributed by atoms with E-state index in [1.165, 1.54) is 6.20 Å². The van der Waals surface area contributed by atoms with Gasteiger partial charge in [-0.05, 0) is 6.07 Å². The summed E-state index contributed by atoms with van der Waals surface area (Å²) in [6, 6.07) is 1.72. The molecule has 3 heterocycles. The lowest BCUT2D eigenvalue weighted by atomic mass is 9.88. The number of hydrogen-bond donors (Lipinski definition) is 1. The largest absolute Gasteiger partial charge is 0.477 e. The molecule has 0 aromatic carbocycles. The van der Waals surface area contributed by atoms with Gasteiger partial charge >= 0.3 is 5.97 Å². The van der Waals surface area contributed by atoms with Gasteiger partial charge in [0.15, 0.2) is 0 Å². The molecule has 1 N–H and O–H groups in total. The Hall–Kier alpha value is -1.95. The number of pyridine rings is 1. The van der Waals surface area contributed by atoms with Crippen LogP contribution >= 0.6 is 0 Å². The van der Waals surface area contributed by atoms with Gasteiger partial charge in [-0.25, -0.2) is 14.8 Å². The van der Waals surface area contributed by atoms with Crippen molar-refractivity contribution in [3.8, 4) is 0 Å². The van der Waals surface area contributed by atoms with Crippen molar-refractivity contribution in [2.24, 2.45) is 5.41 Å². The van der Waals surface area contributed by atoms with E-state index >= 15 is 0 Å². The van der Waals surface area contributed by atoms with Crippen LogP contribution in [0.15, 0.2) is 18.6 Å². The number of aromatic carboxylic acids is 1. The lowest BCUT2D eigenvalue weighted by Gasteiger charge is -2.26. The third kappa shape index (κ3) is 1.88. The molecule has 1 saturated heterocycles. The van der Waals surface area contributed by atoms with Gasteiger partial charge in [0.05, 0.1) is 37.3 Å². The molecule has 2 aromatic heterocycles. The zero-order valence-electron chi connectivity index (χ0n) is 10.8. The maximum atomic E-state index is 11.0. The topological polar surface area (TPSA) is 77.2 Å². The van der Waals surface area contributed by atoms with Gasteiger partial charge < -0.3 is 14.4 Å². The van der Waals surface area contributed by atoms with Crippen LogP contribution in [0.2, 0.25) is 0 Å². The zero-order valence-corrected chi connectivity index (χ0v) is 10.8. The number of hydrogen-bond acceptors (Lipinski definition) is 4. The molecule has 1 atom stereocenters. The number of imidazole rings is 1. The molecule has 100 valence electrons. The van der Waals surface area contributed by atoms with E-state index in [9.17, 15) is 4.79 Å². The number of carboxylic acids is 1. The van der Waals surface area contributed by atoms with Gasteiger partial charge in [0, 0.05) is 5.41 Å². The first kappa shape index (κ1) is 12.1. The van der Waals surface area contributed by atoms with Crippen LogP contribution in [0, 0.1) is 5.41 Å². The highest BCUT2D eigenvalue weighted by Gasteiger charge is 2.37. The second-order valence-corrected chi connectivity index (χ2v) is 5.53. The van der Waals surface area contributed by atoms with Crippen LogP contribution < -0.4 is 0 Å². The summed E-state index contributed by atoms with van der Waals surface area (Å²) in [6.07, 6.45) is 3.23. The average molecular weight is 261 g/mol. The van der Waals surface area contributed by atoms with Crippen LogP contribution in [0.25, 0.3) is 11.0 Å². The van der Waals surface area contributed by atoms with Gasteiger partial charge in [0.1, 0.15) is 11.2 Å². The van der Waals surface area contributed by atoms with E-state index in [-0.39, 0.29) is 17.2 Å². The SMILES string of the molecule is CC1(C)COC[C@H]1n1cnc2cnc(C(=O)O)cc21. The Morgan fingerprint density at radius 1 is 1.53 bits per heavy atom. The molecule has 0 saturated carbocycles. The van der Waals surface area contributed by atoms with Crippen LogP contribution in [0.1, 0.15) is 30.4 Å². The number of fused-ring (bicyclic) bond motifs is 1. The number of carboxylic acid groups (broad SMARTS) is 1. The van der Waals surface area contributed by atoms with Crippen molar-refractivity contribution in [1.29, 1.82) is 0 Å². The lowest BCUT2D eigenvalue weighted by Crippen LogP contribution is -2.25. The van der Waals surface area contributed by atoms with Gasteiger partial charge in [-0.2, -0.15) is 0 Å². The third-order valence-electron chi connectivity index (χ3n) is 3.67. The summed E-state index contributed by atoms with van der Waals surface area (Å²) in [5, 5.41) is 9.02. The summed E-state index contributed by atoms with van der Waals surface area (Å²) >= 11 is 0. The highest BCUT2D eigenvalue weighted by molar-refractivity contribution is 5.89. The lowest BCUT2D eigenvalue weighted by molar-refractivity contribution is 0.0690. The molecule has 1 aliphatic rings. The molecule has 1 aliphatic heterocycles. The van der Waals surface area contributed by atoms with E-state index in [1.54, 1.807) is 12.4 Å². The van der Waals surface area contributed by atoms with Crippen molar-refractivity contribution in [3.05, 3.63) is 24.3 Å². The van der Waals surface area contributed by atoms with E-state index in [0.717, 1.165) is 5.52 Å². The van der Waals surface area contributed by atoms with E-state index in [1.807, 2.05) is 4.57 Å². The van der Waals surface area contributed by atoms with Crippen LogP contribution in [0.5, 0.6) is 0 Å². The molecule has 19 heavy (non-hydrogen) atoms. The van der Waals surface area contributed by atoms with E-state index in [4.69, 9.17) is 9.84 Å². The van der Waals surface area contributed by atoms with Gasteiger partial charge in [0.25, 0.3) is 0 Å². The van der Waals surface area contributed by atoms with E-state index in [2.05, 4.69) is 23.8 Å². The number of rotatable bonds is 2. The number of ether oxygens (including phenoxy) is 1. The van der Waals surface area contributed by atoms with E-state index < -0.39 is 5.97 Å². The number of carbonyl (C=O) groups is 1. The van der Waals surface area contributed by atoms with Crippen LogP contribution in [0.4, 0.5) is 0 Å². The Balaban J connectivity index is 2.14. The first-order valence-electron chi connectivity index (χ1n) is 6.13. The maximum Gasteiger partial charge on any atom is 0.354 e. The predicted molar refractivity (Wildman–Crippen MR) is 68.1 cm³/mol. The molecule has 0 spiro atoms. The maximum absolute atomic E-state index is 11.0. The summed E-state index contributed by atoms with van der Waals surface area (Å²) in [5.41, 5.74) is 1.52. The van der Waals surface area contributed by atoms with Crippen molar-refractivity contribution in [2.45, 2.75) is 19.9 Å². The summed E-state index contributed by atoms with van der Waals surface area (Å²) in [4.78, 5) is 19.2. The molecule has 0 radical (unpaired) electrons. The minimum Gasteiger partial charge on any atom is -0.477 e. The van der Waals surface area contributed by atoms with Gasteiger partial charge in [-0.15, -0.1) is 0 Å². The summed E-state index contributed by atoms with van der Waals surface area (Å²) in [6.45, 7) is 5.57. The number of aromatic nitrogens is 3. The third-order valence-corrected chi connectivity index (χ3v) is 3.67. The molecule has 0 aliphatic carbocycles. The first-order chi connectivity index (χ1) is 8.99. The standard InChI is InChI=1S/C13H15N3O3/c1-13(2)6-19-5-11(13)16-7-15-9-4-14-8(12(17)18)3-10(9)16/h3-4,7,11H,5-6H2,1-2H3,(H,17,18)/t11-/m1/s1. The fourth-order valence-corrected chi connectivity index (χ4v) is 2.51. The molecule has 1 fully saturated rings. The van der Waals surface area contributed by atoms with Crippen molar-refractivity contribution >= 4 is 17.0 Å². The molecule has 3 rings (SSSR count). The summed E-state index contributed by atoms with van der Waals surface area (Å²) < 4.78 is 7.54. The molecule has 0 bridgehead atoms. The van der Waals surface area contributed by atoms with Crippen molar-refractivity contribution in [3.63, 3.8) is 0 Å². The minimum absolute atomic E-state index is 0.000285. The zero-order chi connectivity index (χ0) is 13.6. The van der Waals surface area contributed by atoms with Crippen molar-refractivity contribution in [1.82, 2.24) is 14.5 Å². The Bertz CT molecular complexity index is 648. The molecule has 6 heteroatoms. The fourth-order valence-electron chi connectivity index (χ4n) is 2.51. The fraction of sp³-hybridized carbons (Fsp3) is 0.462. The quantitative estimate of drug-likeness (QED) is 0.890. The van der Waals surface area contributed by atoms with Crippen molar-refractivity contribution in [2.75, 3.05) is 13.2 Å². The van der Waals surface area contributed by atoms with Crippen LogP contribution in [0.3, 0.4) is 0 Å². The molecule has 0 unspecified atom stereocenters. The Morgan fingerprint density at radius 3 is 2.95 bits per heavy atom. The van der Waals surface area contributed by atoms with Gasteiger partial charge in [-0.1, -0.05) is 13.8 Å². The average Bonchev–Trinajstić information content (AvgIpc) is 2.90. The Morgan fingerprint density at radius 2 is 2.32 bits per heavy atom. The Kier molecular flexibility index (Phi) is 2.56. The first-order valence-corrected chi connectivity index (χ1v) is 6.13. The van der Waals surface area contributed by atoms with Gasteiger partial charge in [-0.3, -0.25) is 0 Å². The van der Waals surface area contributed by atoms with Crippen LogP contribution in [-0.4, -0.2) is 38.8 Å². The minimum atomic E-state index is -1.03. The van der Waals surface area contributed by atoms with E-state index in [0.29, 0.717) is 18.7 Å².